The monoisotopic (exact) mass is 253 g/mol. The van der Waals surface area contributed by atoms with E-state index < -0.39 is 0 Å². The van der Waals surface area contributed by atoms with Gasteiger partial charge < -0.3 is 10.1 Å². The third kappa shape index (κ3) is 3.68. The van der Waals surface area contributed by atoms with E-state index in [0.717, 1.165) is 25.1 Å². The summed E-state index contributed by atoms with van der Waals surface area (Å²) in [5.41, 5.74) is 0. The van der Waals surface area contributed by atoms with E-state index in [9.17, 15) is 0 Å². The van der Waals surface area contributed by atoms with E-state index in [4.69, 9.17) is 16.3 Å². The molecule has 0 fully saturated rings. The van der Waals surface area contributed by atoms with Gasteiger partial charge in [0.05, 0.1) is 0 Å². The van der Waals surface area contributed by atoms with Crippen LogP contribution in [-0.4, -0.2) is 23.1 Å². The zero-order chi connectivity index (χ0) is 12.1. The fraction of sp³-hybridized carbons (Fsp3) is 0.500. The molecule has 4 nitrogen and oxygen atoms in total. The van der Waals surface area contributed by atoms with Gasteiger partial charge in [0.1, 0.15) is 17.6 Å². The number of halogens is 1. The largest absolute Gasteiger partial charge is 0.377 e. The molecule has 0 saturated carbocycles. The highest BCUT2D eigenvalue weighted by Gasteiger charge is 2.11. The highest BCUT2D eigenvalue weighted by atomic mass is 35.5. The Balaban J connectivity index is 2.06. The van der Waals surface area contributed by atoms with Crippen molar-refractivity contribution in [1.29, 1.82) is 0 Å². The molecule has 5 heteroatoms. The van der Waals surface area contributed by atoms with Crippen LogP contribution in [0.4, 0.5) is 5.82 Å². The fourth-order valence-electron chi connectivity index (χ4n) is 1.87. The number of nitrogens with one attached hydrogen (secondary N) is 1. The van der Waals surface area contributed by atoms with E-state index >= 15 is 0 Å². The first-order valence-corrected chi connectivity index (χ1v) is 6.09. The van der Waals surface area contributed by atoms with Crippen molar-refractivity contribution in [1.82, 2.24) is 9.97 Å². The number of ether oxygens (including phenoxy) is 1. The minimum atomic E-state index is 0.375. The van der Waals surface area contributed by atoms with Crippen LogP contribution >= 0.6 is 11.6 Å². The van der Waals surface area contributed by atoms with Crippen molar-refractivity contribution in [2.75, 3.05) is 12.4 Å². The number of hydrogen-bond donors (Lipinski definition) is 1. The molecule has 0 radical (unpaired) electrons. The van der Waals surface area contributed by atoms with Crippen LogP contribution in [0.1, 0.15) is 25.1 Å². The van der Waals surface area contributed by atoms with Crippen LogP contribution in [0.25, 0.3) is 0 Å². The maximum atomic E-state index is 5.94. The van der Waals surface area contributed by atoms with E-state index in [-0.39, 0.29) is 0 Å². The van der Waals surface area contributed by atoms with E-state index in [1.54, 1.807) is 13.2 Å². The van der Waals surface area contributed by atoms with Gasteiger partial charge in [-0.1, -0.05) is 23.8 Å². The zero-order valence-corrected chi connectivity index (χ0v) is 10.6. The van der Waals surface area contributed by atoms with E-state index in [2.05, 4.69) is 27.4 Å². The molecule has 0 bridgehead atoms. The molecule has 0 aromatic carbocycles. The molecule has 1 aromatic rings. The first kappa shape index (κ1) is 12.3. The van der Waals surface area contributed by atoms with Crippen LogP contribution in [0.15, 0.2) is 18.2 Å². The lowest BCUT2D eigenvalue weighted by atomic mass is 10.0. The average Bonchev–Trinajstić information content (AvgIpc) is 2.30. The van der Waals surface area contributed by atoms with Crippen LogP contribution in [0.2, 0.25) is 5.15 Å². The predicted octanol–water partition coefficient (Wildman–Crippen LogP) is 2.80. The maximum absolute atomic E-state index is 5.94. The summed E-state index contributed by atoms with van der Waals surface area (Å²) >= 11 is 5.94. The minimum Gasteiger partial charge on any atom is -0.377 e. The molecule has 17 heavy (non-hydrogen) atoms. The van der Waals surface area contributed by atoms with Gasteiger partial charge in [-0.3, -0.25) is 0 Å². The standard InChI is InChI=1S/C12H16ClN3O/c1-17-8-12-15-10(13)7-11(16-12)14-9-5-3-2-4-6-9/h2-3,7,9H,4-6,8H2,1H3,(H,14,15,16). The molecule has 92 valence electrons. The Morgan fingerprint density at radius 2 is 2.35 bits per heavy atom. The Morgan fingerprint density at radius 1 is 1.47 bits per heavy atom. The molecule has 1 aliphatic rings. The number of rotatable bonds is 4. The van der Waals surface area contributed by atoms with Gasteiger partial charge >= 0.3 is 0 Å². The Labute approximate surface area is 106 Å². The van der Waals surface area contributed by atoms with E-state index in [0.29, 0.717) is 23.6 Å². The fourth-order valence-corrected chi connectivity index (χ4v) is 2.07. The second-order valence-corrected chi connectivity index (χ2v) is 4.44. The van der Waals surface area contributed by atoms with Crippen molar-refractivity contribution in [2.24, 2.45) is 0 Å². The van der Waals surface area contributed by atoms with Gasteiger partial charge in [0.25, 0.3) is 0 Å². The molecule has 2 rings (SSSR count). The molecule has 1 atom stereocenters. The lowest BCUT2D eigenvalue weighted by molar-refractivity contribution is 0.178. The molecule has 0 amide bonds. The molecule has 0 spiro atoms. The summed E-state index contributed by atoms with van der Waals surface area (Å²) in [6.07, 6.45) is 7.67. The number of methoxy groups -OCH3 is 1. The van der Waals surface area contributed by atoms with Crippen molar-refractivity contribution < 1.29 is 4.74 Å². The average molecular weight is 254 g/mol. The third-order valence-corrected chi connectivity index (χ3v) is 2.83. The van der Waals surface area contributed by atoms with Crippen LogP contribution < -0.4 is 5.32 Å². The number of hydrogen-bond acceptors (Lipinski definition) is 4. The van der Waals surface area contributed by atoms with E-state index in [1.165, 1.54) is 0 Å². The van der Waals surface area contributed by atoms with Gasteiger partial charge in [-0.2, -0.15) is 0 Å². The molecule has 1 unspecified atom stereocenters. The van der Waals surface area contributed by atoms with Gasteiger partial charge in [-0.05, 0) is 19.3 Å². The SMILES string of the molecule is COCc1nc(Cl)cc(NC2CC=CCC2)n1. The first-order valence-electron chi connectivity index (χ1n) is 5.72. The summed E-state index contributed by atoms with van der Waals surface area (Å²) in [5, 5.41) is 3.82. The second kappa shape index (κ2) is 5.98. The van der Waals surface area contributed by atoms with Crippen molar-refractivity contribution >= 4 is 17.4 Å². The van der Waals surface area contributed by atoms with Crippen molar-refractivity contribution in [3.8, 4) is 0 Å². The summed E-state index contributed by atoms with van der Waals surface area (Å²) in [5.74, 6) is 1.38. The summed E-state index contributed by atoms with van der Waals surface area (Å²) in [6, 6.07) is 2.18. The van der Waals surface area contributed by atoms with Gasteiger partial charge in [0.15, 0.2) is 5.82 Å². The molecule has 1 aliphatic carbocycles. The van der Waals surface area contributed by atoms with Gasteiger partial charge in [0.2, 0.25) is 0 Å². The Hall–Kier alpha value is -1.13. The lowest BCUT2D eigenvalue weighted by Crippen LogP contribution is -2.21. The summed E-state index contributed by atoms with van der Waals surface area (Å²) < 4.78 is 5.01. The van der Waals surface area contributed by atoms with Crippen molar-refractivity contribution in [3.05, 3.63) is 29.2 Å². The molecular weight excluding hydrogens is 238 g/mol. The third-order valence-electron chi connectivity index (χ3n) is 2.64. The topological polar surface area (TPSA) is 47.0 Å². The number of allylic oxidation sites excluding steroid dienone is 1. The predicted molar refractivity (Wildman–Crippen MR) is 68.2 cm³/mol. The van der Waals surface area contributed by atoms with E-state index in [1.807, 2.05) is 0 Å². The van der Waals surface area contributed by atoms with Crippen LogP contribution in [0, 0.1) is 0 Å². The summed E-state index contributed by atoms with van der Waals surface area (Å²) in [7, 11) is 1.61. The normalized spacial score (nSPS) is 19.3. The van der Waals surface area contributed by atoms with Gasteiger partial charge in [-0.25, -0.2) is 9.97 Å². The molecule has 1 aromatic heterocycles. The van der Waals surface area contributed by atoms with Gasteiger partial charge in [-0.15, -0.1) is 0 Å². The molecule has 0 aliphatic heterocycles. The zero-order valence-electron chi connectivity index (χ0n) is 9.82. The molecule has 1 heterocycles. The van der Waals surface area contributed by atoms with Crippen LogP contribution in [0.5, 0.6) is 0 Å². The van der Waals surface area contributed by atoms with Gasteiger partial charge in [0, 0.05) is 19.2 Å². The first-order chi connectivity index (χ1) is 8.28. The Morgan fingerprint density at radius 3 is 3.06 bits per heavy atom. The minimum absolute atomic E-state index is 0.375. The summed E-state index contributed by atoms with van der Waals surface area (Å²) in [4.78, 5) is 8.45. The van der Waals surface area contributed by atoms with Crippen molar-refractivity contribution in [2.45, 2.75) is 31.9 Å². The summed E-state index contributed by atoms with van der Waals surface area (Å²) in [6.45, 7) is 0.375. The maximum Gasteiger partial charge on any atom is 0.158 e. The molecular formula is C12H16ClN3O. The van der Waals surface area contributed by atoms with Crippen LogP contribution in [0.3, 0.4) is 0 Å². The molecule has 1 N–H and O–H groups in total. The quantitative estimate of drug-likeness (QED) is 0.662. The Kier molecular flexibility index (Phi) is 4.34. The van der Waals surface area contributed by atoms with Crippen LogP contribution in [-0.2, 0) is 11.3 Å². The lowest BCUT2D eigenvalue weighted by Gasteiger charge is -2.20. The Bertz CT molecular complexity index is 409. The highest BCUT2D eigenvalue weighted by molar-refractivity contribution is 6.29. The number of anilines is 1. The number of nitrogens with zero attached hydrogens (tertiary/aromatic N) is 2. The van der Waals surface area contributed by atoms with Crippen molar-refractivity contribution in [3.63, 3.8) is 0 Å². The second-order valence-electron chi connectivity index (χ2n) is 4.05. The highest BCUT2D eigenvalue weighted by Crippen LogP contribution is 2.18. The smallest absolute Gasteiger partial charge is 0.158 e. The molecule has 0 saturated heterocycles. The number of aromatic nitrogens is 2.